The van der Waals surface area contributed by atoms with Crippen LogP contribution < -0.4 is 9.47 Å². The van der Waals surface area contributed by atoms with E-state index >= 15 is 0 Å². The Morgan fingerprint density at radius 3 is 2.80 bits per heavy atom. The average molecular weight is 473 g/mol. The molecule has 0 atom stereocenters. The van der Waals surface area contributed by atoms with Gasteiger partial charge >= 0.3 is 155 Å². The second-order valence-electron chi connectivity index (χ2n) is 5.79. The first-order valence-corrected chi connectivity index (χ1v) is 13.6. The first-order chi connectivity index (χ1) is 12.0. The molecule has 25 heavy (non-hydrogen) atoms. The first kappa shape index (κ1) is 20.3. The summed E-state index contributed by atoms with van der Waals surface area (Å²) >= 11 is -1.96. The zero-order valence-electron chi connectivity index (χ0n) is 14.6. The maximum atomic E-state index is 6.03. The molecule has 0 saturated heterocycles. The molecule has 1 heterocycles. The van der Waals surface area contributed by atoms with Gasteiger partial charge in [-0.05, 0) is 0 Å². The van der Waals surface area contributed by atoms with E-state index in [-0.39, 0.29) is 6.10 Å². The summed E-state index contributed by atoms with van der Waals surface area (Å²) in [6, 6.07) is 5.64. The molecular weight excluding hydrogens is 450 g/mol. The molecule has 0 aliphatic carbocycles. The summed E-state index contributed by atoms with van der Waals surface area (Å²) in [7, 11) is 12.1. The molecule has 0 amide bonds. The van der Waals surface area contributed by atoms with Gasteiger partial charge in [0.2, 0.25) is 0 Å². The topological polar surface area (TPSA) is 49.2 Å². The Labute approximate surface area is 161 Å². The van der Waals surface area contributed by atoms with Gasteiger partial charge in [0, 0.05) is 0 Å². The SMILES string of the molecule is CCCCn1cc(COc2ccc(OC(C)C)c([CH]=[Ru]([Cl])[Cl])c2)nn1. The molecule has 0 aliphatic rings. The Kier molecular flexibility index (Phi) is 8.34. The third kappa shape index (κ3) is 7.04. The van der Waals surface area contributed by atoms with E-state index in [0.29, 0.717) is 12.4 Å². The average Bonchev–Trinajstić information content (AvgIpc) is 3.00. The number of hydrogen-bond acceptors (Lipinski definition) is 4. The van der Waals surface area contributed by atoms with Gasteiger partial charge < -0.3 is 0 Å². The van der Waals surface area contributed by atoms with Gasteiger partial charge in [-0.2, -0.15) is 0 Å². The molecule has 2 rings (SSSR count). The van der Waals surface area contributed by atoms with Gasteiger partial charge in [0.15, 0.2) is 0 Å². The fraction of sp³-hybridized carbons (Fsp3) is 0.471. The summed E-state index contributed by atoms with van der Waals surface area (Å²) in [5, 5.41) is 8.23. The van der Waals surface area contributed by atoms with Gasteiger partial charge in [-0.15, -0.1) is 0 Å². The number of ether oxygens (including phenoxy) is 2. The fourth-order valence-electron chi connectivity index (χ4n) is 2.13. The quantitative estimate of drug-likeness (QED) is 0.503. The van der Waals surface area contributed by atoms with Crippen molar-refractivity contribution in [1.29, 1.82) is 0 Å². The summed E-state index contributed by atoms with van der Waals surface area (Å²) in [5.74, 6) is 1.47. The molecule has 1 aromatic carbocycles. The molecule has 8 heteroatoms. The van der Waals surface area contributed by atoms with E-state index < -0.39 is 13.5 Å². The van der Waals surface area contributed by atoms with Crippen LogP contribution in [0.5, 0.6) is 11.5 Å². The predicted molar refractivity (Wildman–Crippen MR) is 98.3 cm³/mol. The molecule has 0 N–H and O–H groups in total. The molecule has 0 aliphatic heterocycles. The van der Waals surface area contributed by atoms with Crippen LogP contribution in [-0.4, -0.2) is 25.7 Å². The number of aryl methyl sites for hydroxylation is 1. The molecule has 0 spiro atoms. The normalized spacial score (nSPS) is 11.5. The second kappa shape index (κ2) is 10.2. The Hall–Kier alpha value is -0.967. The molecule has 2 aromatic rings. The van der Waals surface area contributed by atoms with Crippen molar-refractivity contribution in [2.45, 2.75) is 52.9 Å². The maximum absolute atomic E-state index is 6.03. The standard InChI is InChI=1S/C17H23N3O2.2ClH.Ru/c1-5-6-9-20-11-15(18-19-20)12-21-16-7-8-17(14(4)10-16)22-13(2)3;;;/h4,7-8,10-11,13H,5-6,9,12H2,1-3H3;2*1H;/q;;;+2/p-2. The summed E-state index contributed by atoms with van der Waals surface area (Å²) in [4.78, 5) is 0. The van der Waals surface area contributed by atoms with E-state index in [9.17, 15) is 0 Å². The van der Waals surface area contributed by atoms with E-state index in [1.165, 1.54) is 0 Å². The van der Waals surface area contributed by atoms with Crippen LogP contribution in [0.3, 0.4) is 0 Å². The van der Waals surface area contributed by atoms with Crippen LogP contribution in [0, 0.1) is 0 Å². The Morgan fingerprint density at radius 2 is 2.12 bits per heavy atom. The van der Waals surface area contributed by atoms with E-state index in [0.717, 1.165) is 36.4 Å². The van der Waals surface area contributed by atoms with Gasteiger partial charge in [0.1, 0.15) is 0 Å². The summed E-state index contributed by atoms with van der Waals surface area (Å²) in [6.07, 6.45) is 4.20. The van der Waals surface area contributed by atoms with Crippen LogP contribution in [0.15, 0.2) is 24.4 Å². The van der Waals surface area contributed by atoms with Crippen LogP contribution in [0.1, 0.15) is 44.9 Å². The molecule has 1 aromatic heterocycles. The van der Waals surface area contributed by atoms with Gasteiger partial charge in [-0.1, -0.05) is 6.92 Å². The van der Waals surface area contributed by atoms with Crippen molar-refractivity contribution in [1.82, 2.24) is 15.0 Å². The van der Waals surface area contributed by atoms with E-state index in [1.54, 1.807) is 0 Å². The molecule has 0 saturated carbocycles. The zero-order chi connectivity index (χ0) is 18.2. The van der Waals surface area contributed by atoms with Crippen molar-refractivity contribution >= 4 is 24.0 Å². The minimum atomic E-state index is -1.96. The second-order valence-corrected chi connectivity index (χ2v) is 11.5. The number of rotatable bonds is 9. The van der Waals surface area contributed by atoms with E-state index in [4.69, 9.17) is 28.9 Å². The number of unbranched alkanes of at least 4 members (excludes halogenated alkanes) is 1. The van der Waals surface area contributed by atoms with Crippen LogP contribution in [0.25, 0.3) is 0 Å². The van der Waals surface area contributed by atoms with Crippen LogP contribution in [0.4, 0.5) is 0 Å². The van der Waals surface area contributed by atoms with Gasteiger partial charge in [-0.3, -0.25) is 0 Å². The minimum absolute atomic E-state index is 0.0726. The van der Waals surface area contributed by atoms with Crippen molar-refractivity contribution in [3.05, 3.63) is 35.7 Å². The van der Waals surface area contributed by atoms with Crippen molar-refractivity contribution < 1.29 is 23.0 Å². The summed E-state index contributed by atoms with van der Waals surface area (Å²) in [6.45, 7) is 7.34. The Morgan fingerprint density at radius 1 is 1.32 bits per heavy atom. The molecule has 0 bridgehead atoms. The first-order valence-electron chi connectivity index (χ1n) is 8.13. The molecule has 0 radical (unpaired) electrons. The molecule has 0 unspecified atom stereocenters. The molecule has 0 fully saturated rings. The third-order valence-electron chi connectivity index (χ3n) is 3.24. The molecule has 5 nitrogen and oxygen atoms in total. The number of hydrogen-bond donors (Lipinski definition) is 0. The molecular formula is C17H23Cl2N3O2Ru. The Balaban J connectivity index is 2.06. The third-order valence-corrected chi connectivity index (χ3v) is 5.08. The van der Waals surface area contributed by atoms with Gasteiger partial charge in [-0.25, -0.2) is 0 Å². The van der Waals surface area contributed by atoms with E-state index in [1.807, 2.05) is 47.5 Å². The molecule has 140 valence electrons. The zero-order valence-corrected chi connectivity index (χ0v) is 17.8. The van der Waals surface area contributed by atoms with Crippen LogP contribution in [0.2, 0.25) is 0 Å². The number of benzene rings is 1. The fourth-order valence-corrected chi connectivity index (χ4v) is 3.92. The van der Waals surface area contributed by atoms with Gasteiger partial charge in [0.25, 0.3) is 0 Å². The summed E-state index contributed by atoms with van der Waals surface area (Å²) in [5.41, 5.74) is 1.66. The van der Waals surface area contributed by atoms with Crippen molar-refractivity contribution in [2.75, 3.05) is 0 Å². The van der Waals surface area contributed by atoms with Crippen molar-refractivity contribution in [3.63, 3.8) is 0 Å². The van der Waals surface area contributed by atoms with Crippen LogP contribution in [-0.2, 0) is 26.7 Å². The monoisotopic (exact) mass is 473 g/mol. The van der Waals surface area contributed by atoms with Crippen LogP contribution >= 0.6 is 19.4 Å². The van der Waals surface area contributed by atoms with Gasteiger partial charge in [0.05, 0.1) is 0 Å². The summed E-state index contributed by atoms with van der Waals surface area (Å²) < 4.78 is 15.3. The van der Waals surface area contributed by atoms with Crippen molar-refractivity contribution in [2.24, 2.45) is 0 Å². The number of aromatic nitrogens is 3. The predicted octanol–water partition coefficient (Wildman–Crippen LogP) is 4.52. The number of halogens is 2. The van der Waals surface area contributed by atoms with E-state index in [2.05, 4.69) is 17.2 Å². The number of nitrogens with zero attached hydrogens (tertiary/aromatic N) is 3. The van der Waals surface area contributed by atoms with Crippen molar-refractivity contribution in [3.8, 4) is 11.5 Å². The Bertz CT molecular complexity index is 716.